The number of hydrogen-bond donors (Lipinski definition) is 1. The highest BCUT2D eigenvalue weighted by Crippen LogP contribution is 2.36. The van der Waals surface area contributed by atoms with Crippen molar-refractivity contribution in [2.75, 3.05) is 7.05 Å². The molecule has 0 fully saturated rings. The smallest absolute Gasteiger partial charge is 0.312 e. The molecule has 1 heterocycles. The summed E-state index contributed by atoms with van der Waals surface area (Å²) >= 11 is 4.80. The van der Waals surface area contributed by atoms with Crippen LogP contribution >= 0.6 is 11.6 Å². The first-order valence-electron chi connectivity index (χ1n) is 3.39. The van der Waals surface area contributed by atoms with Gasteiger partial charge in [-0.2, -0.15) is 13.8 Å². The quantitative estimate of drug-likeness (QED) is 0.443. The summed E-state index contributed by atoms with van der Waals surface area (Å²) in [6.45, 7) is 0. The van der Waals surface area contributed by atoms with Crippen molar-refractivity contribution in [3.05, 3.63) is 11.3 Å². The van der Waals surface area contributed by atoms with Gasteiger partial charge in [0.25, 0.3) is 11.7 Å². The molecule has 3 nitrogen and oxygen atoms in total. The third-order valence-electron chi connectivity index (χ3n) is 1.69. The van der Waals surface area contributed by atoms with Gasteiger partial charge in [-0.3, -0.25) is 4.79 Å². The fourth-order valence-electron chi connectivity index (χ4n) is 1.02. The van der Waals surface area contributed by atoms with E-state index < -0.39 is 29.0 Å². The number of alkyl halides is 4. The van der Waals surface area contributed by atoms with Crippen LogP contribution in [0.4, 0.5) is 17.6 Å². The number of carbonyl (C=O) groups is 1. The summed E-state index contributed by atoms with van der Waals surface area (Å²) in [5.41, 5.74) is -0.878. The lowest BCUT2D eigenvalue weighted by atomic mass is 10.2. The molecule has 0 aromatic carbocycles. The fourth-order valence-corrected chi connectivity index (χ4v) is 1.23. The van der Waals surface area contributed by atoms with Crippen molar-refractivity contribution in [2.24, 2.45) is 0 Å². The molecule has 0 amide bonds. The van der Waals surface area contributed by atoms with Crippen LogP contribution in [0, 0.1) is 0 Å². The molecule has 0 spiro atoms. The van der Waals surface area contributed by atoms with Gasteiger partial charge in [0, 0.05) is 7.05 Å². The van der Waals surface area contributed by atoms with Gasteiger partial charge in [0.15, 0.2) is 0 Å². The molecule has 0 bridgehead atoms. The predicted molar refractivity (Wildman–Crippen MR) is 39.7 cm³/mol. The average Bonchev–Trinajstić information content (AvgIpc) is 2.23. The maximum absolute atomic E-state index is 13.0. The van der Waals surface area contributed by atoms with E-state index in [1.54, 1.807) is 5.43 Å². The number of allylic oxidation sites excluding steroid dienone is 1. The Morgan fingerprint density at radius 2 is 2.07 bits per heavy atom. The number of halogens is 5. The molecule has 1 rings (SSSR count). The molecule has 0 aromatic rings. The largest absolute Gasteiger partial charge is 0.354 e. The number of hydrogen-bond acceptors (Lipinski definition) is 3. The summed E-state index contributed by atoms with van der Waals surface area (Å²) in [6.07, 6.45) is -3.21. The molecule has 1 aliphatic rings. The molecule has 0 unspecified atom stereocenters. The van der Waals surface area contributed by atoms with Crippen molar-refractivity contribution in [2.45, 2.75) is 12.5 Å². The Morgan fingerprint density at radius 3 is 2.36 bits per heavy atom. The number of nitrogens with zero attached hydrogens (tertiary/aromatic N) is 1. The second-order valence-corrected chi connectivity index (χ2v) is 2.92. The van der Waals surface area contributed by atoms with Gasteiger partial charge in [0.05, 0.1) is 0 Å². The molecule has 1 N–H and O–H groups in total. The van der Waals surface area contributed by atoms with E-state index >= 15 is 0 Å². The van der Waals surface area contributed by atoms with Crippen molar-refractivity contribution >= 4 is 16.8 Å². The first-order chi connectivity index (χ1) is 6.28. The maximum atomic E-state index is 13.0. The monoisotopic (exact) mass is 232 g/mol. The van der Waals surface area contributed by atoms with Crippen LogP contribution in [0.15, 0.2) is 11.3 Å². The van der Waals surface area contributed by atoms with Crippen LogP contribution < -0.4 is 5.43 Å². The van der Waals surface area contributed by atoms with Crippen LogP contribution in [0.25, 0.3) is 0 Å². The normalized spacial score (nSPS) is 21.6. The van der Waals surface area contributed by atoms with Gasteiger partial charge in [0.2, 0.25) is 0 Å². The number of nitrogens with one attached hydrogen (secondary N) is 1. The Bertz CT molecular complexity index is 304. The van der Waals surface area contributed by atoms with Crippen LogP contribution in [0.1, 0.15) is 0 Å². The average molecular weight is 233 g/mol. The molecule has 80 valence electrons. The summed E-state index contributed by atoms with van der Waals surface area (Å²) in [4.78, 5) is 10.5. The molecule has 0 aliphatic carbocycles. The fraction of sp³-hybridized carbons (Fsp3) is 0.500. The Morgan fingerprint density at radius 1 is 1.57 bits per heavy atom. The zero-order valence-electron chi connectivity index (χ0n) is 6.82. The topological polar surface area (TPSA) is 32.3 Å². The lowest BCUT2D eigenvalue weighted by Gasteiger charge is -2.19. The predicted octanol–water partition coefficient (Wildman–Crippen LogP) is 1.31. The van der Waals surface area contributed by atoms with E-state index in [1.807, 2.05) is 0 Å². The first kappa shape index (κ1) is 11.3. The summed E-state index contributed by atoms with van der Waals surface area (Å²) in [5, 5.41) is -1.49. The Kier molecular flexibility index (Phi) is 2.73. The molecule has 0 radical (unpaired) electrons. The second kappa shape index (κ2) is 3.39. The molecular weight excluding hydrogens is 228 g/mol. The van der Waals surface area contributed by atoms with Gasteiger partial charge >= 0.3 is 6.05 Å². The summed E-state index contributed by atoms with van der Waals surface area (Å²) in [7, 11) is 0.829. The highest BCUT2D eigenvalue weighted by molar-refractivity contribution is 6.68. The van der Waals surface area contributed by atoms with Crippen LogP contribution in [-0.4, -0.2) is 29.8 Å². The number of carbonyl (C=O) groups excluding carboxylic acids is 1. The summed E-state index contributed by atoms with van der Waals surface area (Å²) in [5.74, 6) is 0. The van der Waals surface area contributed by atoms with Crippen molar-refractivity contribution in [1.29, 1.82) is 0 Å². The molecule has 8 heteroatoms. The van der Waals surface area contributed by atoms with E-state index in [-0.39, 0.29) is 5.01 Å². The SMILES string of the molecule is CN1NC(C(F)F)=C(C(=O)Cl)C1(F)F. The van der Waals surface area contributed by atoms with Crippen molar-refractivity contribution in [1.82, 2.24) is 10.4 Å². The van der Waals surface area contributed by atoms with Crippen molar-refractivity contribution in [3.63, 3.8) is 0 Å². The Balaban J connectivity index is 3.21. The van der Waals surface area contributed by atoms with E-state index in [4.69, 9.17) is 11.6 Å². The molecule has 0 atom stereocenters. The number of likely N-dealkylation sites (N-methyl/N-ethyl adjacent to an activating group) is 1. The number of rotatable bonds is 2. The number of hydrazine groups is 1. The Labute approximate surface area is 81.3 Å². The van der Waals surface area contributed by atoms with Gasteiger partial charge in [-0.25, -0.2) is 8.78 Å². The first-order valence-corrected chi connectivity index (χ1v) is 3.77. The minimum atomic E-state index is -3.81. The minimum absolute atomic E-state index is 0.101. The van der Waals surface area contributed by atoms with E-state index in [2.05, 4.69) is 0 Å². The van der Waals surface area contributed by atoms with Crippen LogP contribution in [0.2, 0.25) is 0 Å². The third kappa shape index (κ3) is 1.57. The van der Waals surface area contributed by atoms with Crippen molar-refractivity contribution in [3.8, 4) is 0 Å². The molecule has 0 saturated heterocycles. The lowest BCUT2D eigenvalue weighted by molar-refractivity contribution is -0.124. The zero-order chi connectivity index (χ0) is 11.1. The second-order valence-electron chi connectivity index (χ2n) is 2.58. The molecule has 1 aliphatic heterocycles. The van der Waals surface area contributed by atoms with Gasteiger partial charge < -0.3 is 5.43 Å². The highest BCUT2D eigenvalue weighted by atomic mass is 35.5. The van der Waals surface area contributed by atoms with E-state index in [9.17, 15) is 22.4 Å². The molecule has 14 heavy (non-hydrogen) atoms. The molecular formula is C6H5ClF4N2O. The van der Waals surface area contributed by atoms with Crippen molar-refractivity contribution < 1.29 is 22.4 Å². The van der Waals surface area contributed by atoms with Crippen LogP contribution in [-0.2, 0) is 4.79 Å². The standard InChI is InChI=1S/C6H5ClF4N2O/c1-13-6(10,11)2(4(7)14)3(12-13)5(8)9/h5,12H,1H3. The molecule has 0 aromatic heterocycles. The van der Waals surface area contributed by atoms with E-state index in [0.717, 1.165) is 7.05 Å². The van der Waals surface area contributed by atoms with Gasteiger partial charge in [-0.1, -0.05) is 0 Å². The highest BCUT2D eigenvalue weighted by Gasteiger charge is 2.51. The van der Waals surface area contributed by atoms with Crippen LogP contribution in [0.3, 0.4) is 0 Å². The zero-order valence-corrected chi connectivity index (χ0v) is 7.58. The maximum Gasteiger partial charge on any atom is 0.354 e. The lowest BCUT2D eigenvalue weighted by Crippen LogP contribution is -2.42. The summed E-state index contributed by atoms with van der Waals surface area (Å²) < 4.78 is 50.4. The van der Waals surface area contributed by atoms with Crippen LogP contribution in [0.5, 0.6) is 0 Å². The van der Waals surface area contributed by atoms with Gasteiger partial charge in [-0.05, 0) is 11.6 Å². The molecule has 0 saturated carbocycles. The third-order valence-corrected chi connectivity index (χ3v) is 1.88. The minimum Gasteiger partial charge on any atom is -0.312 e. The Hall–Kier alpha value is -0.820. The van der Waals surface area contributed by atoms with E-state index in [0.29, 0.717) is 0 Å². The summed E-state index contributed by atoms with van der Waals surface area (Å²) in [6, 6.07) is -3.81. The van der Waals surface area contributed by atoms with E-state index in [1.165, 1.54) is 0 Å². The van der Waals surface area contributed by atoms with Gasteiger partial charge in [0.1, 0.15) is 11.3 Å². The van der Waals surface area contributed by atoms with Gasteiger partial charge in [-0.15, -0.1) is 0 Å².